The molecular weight excluding hydrogens is 418 g/mol. The summed E-state index contributed by atoms with van der Waals surface area (Å²) in [5.74, 6) is 1.59. The van der Waals surface area contributed by atoms with Gasteiger partial charge in [0.25, 0.3) is 0 Å². The Balaban J connectivity index is 1.32. The zero-order valence-electron chi connectivity index (χ0n) is 18.2. The zero-order valence-corrected chi connectivity index (χ0v) is 18.2. The predicted octanol–water partition coefficient (Wildman–Crippen LogP) is 2.70. The molecule has 0 atom stereocenters. The third kappa shape index (κ3) is 4.76. The van der Waals surface area contributed by atoms with Gasteiger partial charge in [0.15, 0.2) is 17.3 Å². The highest BCUT2D eigenvalue weighted by Crippen LogP contribution is 2.26. The zero-order chi connectivity index (χ0) is 22.6. The monoisotopic (exact) mass is 443 g/mol. The molecule has 8 nitrogen and oxygen atoms in total. The molecule has 0 amide bonds. The maximum Gasteiger partial charge on any atom is 0.183 e. The lowest BCUT2D eigenvalue weighted by molar-refractivity contribution is -0.117. The van der Waals surface area contributed by atoms with Gasteiger partial charge >= 0.3 is 0 Å². The number of aliphatic hydroxyl groups is 1. The van der Waals surface area contributed by atoms with Crippen LogP contribution < -0.4 is 4.90 Å². The van der Waals surface area contributed by atoms with Crippen molar-refractivity contribution in [3.63, 3.8) is 0 Å². The summed E-state index contributed by atoms with van der Waals surface area (Å²) in [5, 5.41) is 9.14. The number of fused-ring (bicyclic) bond motifs is 1. The number of ether oxygens (including phenoxy) is 1. The van der Waals surface area contributed by atoms with Crippen molar-refractivity contribution in [1.82, 2.24) is 19.9 Å². The summed E-state index contributed by atoms with van der Waals surface area (Å²) in [6, 6.07) is 15.3. The highest BCUT2D eigenvalue weighted by molar-refractivity contribution is 5.85. The van der Waals surface area contributed by atoms with Gasteiger partial charge in [-0.25, -0.2) is 15.0 Å². The molecule has 0 radical (unpaired) electrons. The fraction of sp³-hybridized carbons (Fsp3) is 0.280. The number of Topliss-reactive ketones (excluding diaryl/α,β-unsaturated/α-hetero) is 1. The highest BCUT2D eigenvalue weighted by atomic mass is 16.5. The first-order chi connectivity index (χ1) is 16.2. The molecule has 0 spiro atoms. The van der Waals surface area contributed by atoms with Crippen LogP contribution in [0.2, 0.25) is 0 Å². The number of nitrogens with zero attached hydrogens (tertiary/aromatic N) is 4. The van der Waals surface area contributed by atoms with Gasteiger partial charge in [0, 0.05) is 31.5 Å². The van der Waals surface area contributed by atoms with Gasteiger partial charge in [-0.15, -0.1) is 0 Å². The summed E-state index contributed by atoms with van der Waals surface area (Å²) in [6.07, 6.45) is 2.37. The number of morpholine rings is 1. The van der Waals surface area contributed by atoms with Gasteiger partial charge in [-0.2, -0.15) is 0 Å². The minimum Gasteiger partial charge on any atom is -0.392 e. The van der Waals surface area contributed by atoms with Crippen LogP contribution >= 0.6 is 0 Å². The van der Waals surface area contributed by atoms with E-state index < -0.39 is 0 Å². The first-order valence-electron chi connectivity index (χ1n) is 11.0. The van der Waals surface area contributed by atoms with Crippen LogP contribution in [-0.4, -0.2) is 57.1 Å². The third-order valence-electron chi connectivity index (χ3n) is 5.80. The number of ketones is 1. The molecule has 0 saturated carbocycles. The second kappa shape index (κ2) is 9.48. The van der Waals surface area contributed by atoms with Crippen LogP contribution in [0.15, 0.2) is 54.9 Å². The van der Waals surface area contributed by atoms with Gasteiger partial charge in [0.05, 0.1) is 26.1 Å². The van der Waals surface area contributed by atoms with Gasteiger partial charge in [-0.05, 0) is 16.7 Å². The molecule has 2 aromatic carbocycles. The molecular formula is C25H25N5O3. The lowest BCUT2D eigenvalue weighted by atomic mass is 10.0. The number of aliphatic hydroxyl groups excluding tert-OH is 1. The van der Waals surface area contributed by atoms with Crippen molar-refractivity contribution in [1.29, 1.82) is 0 Å². The van der Waals surface area contributed by atoms with Crippen molar-refractivity contribution in [3.8, 4) is 11.4 Å². The third-order valence-corrected chi connectivity index (χ3v) is 5.80. The lowest BCUT2D eigenvalue weighted by Crippen LogP contribution is -2.37. The summed E-state index contributed by atoms with van der Waals surface area (Å²) in [4.78, 5) is 31.7. The molecule has 0 unspecified atom stereocenters. The first kappa shape index (κ1) is 21.2. The minimum absolute atomic E-state index is 0.00527. The van der Waals surface area contributed by atoms with E-state index in [1.807, 2.05) is 48.5 Å². The van der Waals surface area contributed by atoms with Gasteiger partial charge < -0.3 is 19.7 Å². The summed E-state index contributed by atoms with van der Waals surface area (Å²) >= 11 is 0. The average Bonchev–Trinajstić information content (AvgIpc) is 3.34. The summed E-state index contributed by atoms with van der Waals surface area (Å²) in [6.45, 7) is 2.89. The minimum atomic E-state index is 0.00527. The van der Waals surface area contributed by atoms with Crippen molar-refractivity contribution in [3.05, 3.63) is 71.5 Å². The van der Waals surface area contributed by atoms with E-state index in [0.29, 0.717) is 37.5 Å². The van der Waals surface area contributed by atoms with Crippen LogP contribution in [0.25, 0.3) is 22.6 Å². The molecule has 8 heteroatoms. The molecule has 1 saturated heterocycles. The molecule has 2 aromatic heterocycles. The molecule has 0 bridgehead atoms. The second-order valence-electron chi connectivity index (χ2n) is 8.14. The topological polar surface area (TPSA) is 104 Å². The fourth-order valence-corrected chi connectivity index (χ4v) is 4.00. The number of rotatable bonds is 7. The van der Waals surface area contributed by atoms with Gasteiger partial charge in [-0.1, -0.05) is 48.5 Å². The molecule has 1 fully saturated rings. The first-order valence-corrected chi connectivity index (χ1v) is 11.0. The summed E-state index contributed by atoms with van der Waals surface area (Å²) < 4.78 is 5.47. The number of nitrogens with one attached hydrogen (secondary N) is 1. The van der Waals surface area contributed by atoms with Gasteiger partial charge in [-0.3, -0.25) is 4.79 Å². The largest absolute Gasteiger partial charge is 0.392 e. The standard InChI is InChI=1S/C25H25N5O3/c31-15-19-3-1-17(2-4-19)13-21(32)14-18-5-7-20(8-6-18)23-28-24-22(26-16-27-24)25(29-23)30-9-11-33-12-10-30/h1-8,16,31H,9-15H2,(H,26,27,28,29). The SMILES string of the molecule is O=C(Cc1ccc(CO)cc1)Cc1ccc(-c2nc(N3CCOCC3)c3[nH]cnc3n2)cc1. The number of carbonyl (C=O) groups excluding carboxylic acids is 1. The average molecular weight is 444 g/mol. The molecule has 3 heterocycles. The van der Waals surface area contributed by atoms with E-state index in [1.165, 1.54) is 0 Å². The molecule has 2 N–H and O–H groups in total. The van der Waals surface area contributed by atoms with Gasteiger partial charge in [0.2, 0.25) is 0 Å². The number of hydrogen-bond acceptors (Lipinski definition) is 7. The van der Waals surface area contributed by atoms with E-state index in [1.54, 1.807) is 6.33 Å². The number of benzene rings is 2. The number of anilines is 1. The van der Waals surface area contributed by atoms with E-state index >= 15 is 0 Å². The lowest BCUT2D eigenvalue weighted by Gasteiger charge is -2.28. The fourth-order valence-electron chi connectivity index (χ4n) is 4.00. The Hall–Kier alpha value is -3.62. The second-order valence-corrected chi connectivity index (χ2v) is 8.14. The molecule has 1 aliphatic rings. The van der Waals surface area contributed by atoms with Crippen LogP contribution in [-0.2, 0) is 29.0 Å². The van der Waals surface area contributed by atoms with E-state index in [2.05, 4.69) is 19.9 Å². The number of H-pyrrole nitrogens is 1. The van der Waals surface area contributed by atoms with E-state index in [4.69, 9.17) is 14.8 Å². The van der Waals surface area contributed by atoms with E-state index in [9.17, 15) is 4.79 Å². The van der Waals surface area contributed by atoms with Crippen LogP contribution in [0.5, 0.6) is 0 Å². The Bertz CT molecular complexity index is 1250. The maximum atomic E-state index is 12.5. The highest BCUT2D eigenvalue weighted by Gasteiger charge is 2.19. The Morgan fingerprint density at radius 3 is 2.24 bits per heavy atom. The molecule has 5 rings (SSSR count). The number of hydrogen-bond donors (Lipinski definition) is 2. The van der Waals surface area contributed by atoms with Crippen LogP contribution in [0.4, 0.5) is 5.82 Å². The number of imidazole rings is 1. The number of aromatic nitrogens is 4. The van der Waals surface area contributed by atoms with Crippen molar-refractivity contribution in [2.24, 2.45) is 0 Å². The van der Waals surface area contributed by atoms with Crippen molar-refractivity contribution in [2.45, 2.75) is 19.4 Å². The molecule has 4 aromatic rings. The smallest absolute Gasteiger partial charge is 0.183 e. The van der Waals surface area contributed by atoms with Crippen molar-refractivity contribution >= 4 is 22.8 Å². The van der Waals surface area contributed by atoms with E-state index in [0.717, 1.165) is 46.7 Å². The van der Waals surface area contributed by atoms with Gasteiger partial charge in [0.1, 0.15) is 11.3 Å². The van der Waals surface area contributed by atoms with E-state index in [-0.39, 0.29) is 12.4 Å². The number of carbonyl (C=O) groups is 1. The number of aromatic amines is 1. The Labute approximate surface area is 191 Å². The molecule has 1 aliphatic heterocycles. The normalized spacial score (nSPS) is 14.0. The Kier molecular flexibility index (Phi) is 6.10. The van der Waals surface area contributed by atoms with Crippen LogP contribution in [0.1, 0.15) is 16.7 Å². The van der Waals surface area contributed by atoms with Crippen molar-refractivity contribution < 1.29 is 14.6 Å². The summed E-state index contributed by atoms with van der Waals surface area (Å²) in [7, 11) is 0. The van der Waals surface area contributed by atoms with Crippen LogP contribution in [0.3, 0.4) is 0 Å². The Morgan fingerprint density at radius 1 is 0.939 bits per heavy atom. The van der Waals surface area contributed by atoms with Crippen LogP contribution in [0, 0.1) is 0 Å². The molecule has 168 valence electrons. The predicted molar refractivity (Wildman–Crippen MR) is 125 cm³/mol. The molecule has 33 heavy (non-hydrogen) atoms. The maximum absolute atomic E-state index is 12.5. The Morgan fingerprint density at radius 2 is 1.58 bits per heavy atom. The summed E-state index contributed by atoms with van der Waals surface area (Å²) in [5.41, 5.74) is 5.08. The van der Waals surface area contributed by atoms with Crippen molar-refractivity contribution in [2.75, 3.05) is 31.2 Å². The quantitative estimate of drug-likeness (QED) is 0.453. The molecule has 0 aliphatic carbocycles.